The Morgan fingerprint density at radius 1 is 1.24 bits per heavy atom. The van der Waals surface area contributed by atoms with Gasteiger partial charge in [-0.25, -0.2) is 4.79 Å². The van der Waals surface area contributed by atoms with Crippen LogP contribution in [-0.4, -0.2) is 24.7 Å². The normalized spacial score (nSPS) is 10.1. The molecule has 1 aromatic heterocycles. The van der Waals surface area contributed by atoms with Gasteiger partial charge in [-0.3, -0.25) is 4.79 Å². The summed E-state index contributed by atoms with van der Waals surface area (Å²) in [6, 6.07) is 10.6. The summed E-state index contributed by atoms with van der Waals surface area (Å²) in [7, 11) is 1.33. The summed E-state index contributed by atoms with van der Waals surface area (Å²) in [4.78, 5) is 24.1. The monoisotopic (exact) mass is 305 g/mol. The molecule has 0 bridgehead atoms. The van der Waals surface area contributed by atoms with Crippen LogP contribution in [0.4, 0.5) is 0 Å². The van der Waals surface area contributed by atoms with Crippen molar-refractivity contribution < 1.29 is 18.7 Å². The third kappa shape index (κ3) is 4.39. The van der Waals surface area contributed by atoms with Crippen molar-refractivity contribution in [3.8, 4) is 0 Å². The maximum atomic E-state index is 11.8. The van der Waals surface area contributed by atoms with Crippen LogP contribution >= 0.6 is 11.8 Å². The molecule has 0 atom stereocenters. The average molecular weight is 305 g/mol. The Morgan fingerprint density at radius 3 is 2.76 bits per heavy atom. The lowest BCUT2D eigenvalue weighted by Gasteiger charge is -2.07. The summed E-state index contributed by atoms with van der Waals surface area (Å²) >= 11 is 1.29. The van der Waals surface area contributed by atoms with Crippen LogP contribution in [0, 0.1) is 0 Å². The second-order valence-electron chi connectivity index (χ2n) is 4.13. The van der Waals surface area contributed by atoms with Crippen LogP contribution in [0.25, 0.3) is 0 Å². The molecule has 1 N–H and O–H groups in total. The minimum atomic E-state index is -0.408. The molecule has 2 rings (SSSR count). The predicted octanol–water partition coefficient (Wildman–Crippen LogP) is 2.47. The van der Waals surface area contributed by atoms with E-state index in [9.17, 15) is 9.59 Å². The number of nitrogens with one attached hydrogen (secondary N) is 1. The SMILES string of the molecule is COC(=O)c1ccccc1SCC(=O)NCc1ccco1. The Kier molecular flexibility index (Phi) is 5.45. The molecule has 0 radical (unpaired) electrons. The van der Waals surface area contributed by atoms with Gasteiger partial charge in [0.2, 0.25) is 5.91 Å². The Balaban J connectivity index is 1.88. The van der Waals surface area contributed by atoms with Gasteiger partial charge >= 0.3 is 5.97 Å². The minimum absolute atomic E-state index is 0.129. The van der Waals surface area contributed by atoms with Crippen molar-refractivity contribution in [3.63, 3.8) is 0 Å². The summed E-state index contributed by atoms with van der Waals surface area (Å²) in [5, 5.41) is 2.75. The first-order valence-electron chi connectivity index (χ1n) is 6.30. The third-order valence-electron chi connectivity index (χ3n) is 2.69. The van der Waals surface area contributed by atoms with Crippen molar-refractivity contribution in [1.29, 1.82) is 0 Å². The molecule has 0 unspecified atom stereocenters. The van der Waals surface area contributed by atoms with E-state index in [0.717, 1.165) is 4.90 Å². The predicted molar refractivity (Wildman–Crippen MR) is 79.1 cm³/mol. The second kappa shape index (κ2) is 7.54. The number of carbonyl (C=O) groups excluding carboxylic acids is 2. The molecule has 0 spiro atoms. The molecule has 1 aromatic carbocycles. The Morgan fingerprint density at radius 2 is 2.05 bits per heavy atom. The maximum absolute atomic E-state index is 11.8. The lowest BCUT2D eigenvalue weighted by molar-refractivity contribution is -0.118. The van der Waals surface area contributed by atoms with Gasteiger partial charge in [0.15, 0.2) is 0 Å². The lowest BCUT2D eigenvalue weighted by atomic mass is 10.2. The molecule has 110 valence electrons. The Hall–Kier alpha value is -2.21. The van der Waals surface area contributed by atoms with E-state index in [2.05, 4.69) is 5.32 Å². The van der Waals surface area contributed by atoms with E-state index in [4.69, 9.17) is 9.15 Å². The fraction of sp³-hybridized carbons (Fsp3) is 0.200. The van der Waals surface area contributed by atoms with Crippen LogP contribution < -0.4 is 5.32 Å². The van der Waals surface area contributed by atoms with Crippen LogP contribution in [0.3, 0.4) is 0 Å². The fourth-order valence-corrected chi connectivity index (χ4v) is 2.53. The van der Waals surface area contributed by atoms with Gasteiger partial charge in [0.05, 0.1) is 31.2 Å². The third-order valence-corrected chi connectivity index (χ3v) is 3.76. The molecule has 6 heteroatoms. The molecule has 5 nitrogen and oxygen atoms in total. The smallest absolute Gasteiger partial charge is 0.338 e. The molecule has 0 fully saturated rings. The number of ether oxygens (including phenoxy) is 1. The van der Waals surface area contributed by atoms with Crippen molar-refractivity contribution in [1.82, 2.24) is 5.32 Å². The van der Waals surface area contributed by atoms with Gasteiger partial charge in [-0.2, -0.15) is 0 Å². The average Bonchev–Trinajstić information content (AvgIpc) is 3.04. The zero-order valence-corrected chi connectivity index (χ0v) is 12.3. The van der Waals surface area contributed by atoms with Gasteiger partial charge in [0.1, 0.15) is 5.76 Å². The topological polar surface area (TPSA) is 68.5 Å². The summed E-state index contributed by atoms with van der Waals surface area (Å²) in [5.74, 6) is 0.378. The largest absolute Gasteiger partial charge is 0.467 e. The van der Waals surface area contributed by atoms with E-state index in [1.54, 1.807) is 36.6 Å². The van der Waals surface area contributed by atoms with Crippen molar-refractivity contribution in [3.05, 3.63) is 54.0 Å². The highest BCUT2D eigenvalue weighted by atomic mass is 32.2. The van der Waals surface area contributed by atoms with E-state index >= 15 is 0 Å². The summed E-state index contributed by atoms with van der Waals surface area (Å²) in [6.07, 6.45) is 1.56. The molecule has 0 aliphatic heterocycles. The molecule has 1 amide bonds. The first kappa shape index (κ1) is 15.2. The van der Waals surface area contributed by atoms with Crippen molar-refractivity contribution in [2.75, 3.05) is 12.9 Å². The van der Waals surface area contributed by atoms with Gasteiger partial charge in [0.25, 0.3) is 0 Å². The molecule has 0 aliphatic rings. The standard InChI is InChI=1S/C15H15NO4S/c1-19-15(18)12-6-2-3-7-13(12)21-10-14(17)16-9-11-5-4-8-20-11/h2-8H,9-10H2,1H3,(H,16,17). The highest BCUT2D eigenvalue weighted by Gasteiger charge is 2.12. The van der Waals surface area contributed by atoms with Gasteiger partial charge in [-0.1, -0.05) is 12.1 Å². The first-order valence-corrected chi connectivity index (χ1v) is 7.28. The summed E-state index contributed by atoms with van der Waals surface area (Å²) in [6.45, 7) is 0.352. The molecule has 2 aromatic rings. The minimum Gasteiger partial charge on any atom is -0.467 e. The summed E-state index contributed by atoms with van der Waals surface area (Å²) in [5.41, 5.74) is 0.462. The molecule has 21 heavy (non-hydrogen) atoms. The molecule has 0 saturated heterocycles. The van der Waals surface area contributed by atoms with Crippen LogP contribution in [0.2, 0.25) is 0 Å². The molecule has 0 saturated carbocycles. The lowest BCUT2D eigenvalue weighted by Crippen LogP contribution is -2.24. The van der Waals surface area contributed by atoms with Crippen LogP contribution in [0.15, 0.2) is 52.0 Å². The quantitative estimate of drug-likeness (QED) is 0.656. The molecule has 0 aliphatic carbocycles. The highest BCUT2D eigenvalue weighted by molar-refractivity contribution is 8.00. The van der Waals surface area contributed by atoms with Gasteiger partial charge < -0.3 is 14.5 Å². The molecular weight excluding hydrogens is 290 g/mol. The number of esters is 1. The maximum Gasteiger partial charge on any atom is 0.338 e. The zero-order valence-electron chi connectivity index (χ0n) is 11.5. The van der Waals surface area contributed by atoms with Gasteiger partial charge in [-0.15, -0.1) is 11.8 Å². The van der Waals surface area contributed by atoms with E-state index in [0.29, 0.717) is 17.9 Å². The number of carbonyl (C=O) groups is 2. The number of methoxy groups -OCH3 is 1. The second-order valence-corrected chi connectivity index (χ2v) is 5.15. The van der Waals surface area contributed by atoms with Crippen molar-refractivity contribution >= 4 is 23.6 Å². The summed E-state index contributed by atoms with van der Waals surface area (Å²) < 4.78 is 9.84. The Labute approximate surface area is 126 Å². The zero-order chi connectivity index (χ0) is 15.1. The van der Waals surface area contributed by atoms with Gasteiger partial charge in [0, 0.05) is 4.90 Å². The number of rotatable bonds is 6. The van der Waals surface area contributed by atoms with E-state index in [-0.39, 0.29) is 11.7 Å². The number of benzene rings is 1. The van der Waals surface area contributed by atoms with Gasteiger partial charge in [-0.05, 0) is 24.3 Å². The Bertz CT molecular complexity index is 610. The first-order chi connectivity index (χ1) is 10.2. The number of thioether (sulfide) groups is 1. The van der Waals surface area contributed by atoms with Crippen LogP contribution in [0.1, 0.15) is 16.1 Å². The van der Waals surface area contributed by atoms with Crippen molar-refractivity contribution in [2.24, 2.45) is 0 Å². The van der Waals surface area contributed by atoms with E-state index in [1.807, 2.05) is 6.07 Å². The number of hydrogen-bond acceptors (Lipinski definition) is 5. The molecular formula is C15H15NO4S. The number of hydrogen-bond donors (Lipinski definition) is 1. The van der Waals surface area contributed by atoms with E-state index < -0.39 is 5.97 Å². The van der Waals surface area contributed by atoms with Crippen molar-refractivity contribution in [2.45, 2.75) is 11.4 Å². The highest BCUT2D eigenvalue weighted by Crippen LogP contribution is 2.23. The number of amides is 1. The van der Waals surface area contributed by atoms with Crippen LogP contribution in [0.5, 0.6) is 0 Å². The molecule has 1 heterocycles. The number of furan rings is 1. The van der Waals surface area contributed by atoms with Crippen LogP contribution in [-0.2, 0) is 16.1 Å². The van der Waals surface area contributed by atoms with E-state index in [1.165, 1.54) is 18.9 Å². The fourth-order valence-electron chi connectivity index (χ4n) is 1.66.